The van der Waals surface area contributed by atoms with E-state index < -0.39 is 0 Å². The van der Waals surface area contributed by atoms with E-state index in [0.29, 0.717) is 23.2 Å². The van der Waals surface area contributed by atoms with Gasteiger partial charge in [-0.15, -0.1) is 0 Å². The van der Waals surface area contributed by atoms with Crippen molar-refractivity contribution < 1.29 is 4.52 Å². The summed E-state index contributed by atoms with van der Waals surface area (Å²) in [5.41, 5.74) is 0.887. The van der Waals surface area contributed by atoms with Crippen LogP contribution in [0.2, 0.25) is 5.02 Å². The van der Waals surface area contributed by atoms with E-state index in [1.807, 2.05) is 12.1 Å². The van der Waals surface area contributed by atoms with Gasteiger partial charge in [-0.3, -0.25) is 0 Å². The molecule has 2 aromatic rings. The van der Waals surface area contributed by atoms with Crippen LogP contribution in [0.4, 0.5) is 0 Å². The second-order valence-electron chi connectivity index (χ2n) is 2.77. The highest BCUT2D eigenvalue weighted by atomic mass is 35.5. The Balaban J connectivity index is 2.34. The van der Waals surface area contributed by atoms with Gasteiger partial charge in [0.1, 0.15) is 0 Å². The fourth-order valence-electron chi connectivity index (χ4n) is 1.07. The molecule has 0 N–H and O–H groups in total. The zero-order valence-electron chi connectivity index (χ0n) is 7.40. The van der Waals surface area contributed by atoms with Gasteiger partial charge < -0.3 is 4.52 Å². The number of hydrogen-bond acceptors (Lipinski definition) is 3. The molecule has 1 radical (unpaired) electrons. The van der Waals surface area contributed by atoms with Crippen LogP contribution >= 0.6 is 11.6 Å². The van der Waals surface area contributed by atoms with Crippen LogP contribution in [0.3, 0.4) is 0 Å². The summed E-state index contributed by atoms with van der Waals surface area (Å²) in [7, 11) is 0. The van der Waals surface area contributed by atoms with Gasteiger partial charge in [-0.1, -0.05) is 16.8 Å². The maximum atomic E-state index is 5.76. The Bertz CT molecular complexity index is 422. The molecule has 1 aromatic heterocycles. The van der Waals surface area contributed by atoms with Crippen molar-refractivity contribution in [2.45, 2.75) is 6.42 Å². The smallest absolute Gasteiger partial charge is 0.226 e. The number of aromatic nitrogens is 2. The van der Waals surface area contributed by atoms with Gasteiger partial charge in [0, 0.05) is 17.0 Å². The highest BCUT2D eigenvalue weighted by Gasteiger charge is 2.06. The number of halogens is 1. The molecule has 0 saturated heterocycles. The molecule has 4 heteroatoms. The second-order valence-corrected chi connectivity index (χ2v) is 3.21. The van der Waals surface area contributed by atoms with E-state index in [9.17, 15) is 0 Å². The van der Waals surface area contributed by atoms with Crippen molar-refractivity contribution >= 4 is 11.6 Å². The number of benzene rings is 1. The lowest BCUT2D eigenvalue weighted by atomic mass is 10.2. The maximum absolute atomic E-state index is 5.76. The quantitative estimate of drug-likeness (QED) is 0.760. The molecule has 1 heterocycles. The van der Waals surface area contributed by atoms with E-state index >= 15 is 0 Å². The summed E-state index contributed by atoms with van der Waals surface area (Å²) in [5, 5.41) is 4.51. The van der Waals surface area contributed by atoms with E-state index in [4.69, 9.17) is 16.1 Å². The maximum Gasteiger partial charge on any atom is 0.226 e. The molecule has 14 heavy (non-hydrogen) atoms. The average molecular weight is 208 g/mol. The minimum Gasteiger partial charge on any atom is -0.339 e. The van der Waals surface area contributed by atoms with Crippen molar-refractivity contribution in [3.8, 4) is 11.4 Å². The molecular formula is C10H8ClN2O. The van der Waals surface area contributed by atoms with Gasteiger partial charge >= 0.3 is 0 Å². The summed E-state index contributed by atoms with van der Waals surface area (Å²) in [6, 6.07) is 7.27. The van der Waals surface area contributed by atoms with E-state index in [1.54, 1.807) is 12.1 Å². The topological polar surface area (TPSA) is 38.9 Å². The molecule has 0 spiro atoms. The van der Waals surface area contributed by atoms with Crippen molar-refractivity contribution in [2.24, 2.45) is 0 Å². The second kappa shape index (κ2) is 3.80. The summed E-state index contributed by atoms with van der Waals surface area (Å²) >= 11 is 5.76. The monoisotopic (exact) mass is 207 g/mol. The number of nitrogens with zero attached hydrogens (tertiary/aromatic N) is 2. The van der Waals surface area contributed by atoms with Crippen molar-refractivity contribution in [1.82, 2.24) is 10.1 Å². The summed E-state index contributed by atoms with van der Waals surface area (Å²) in [6.07, 6.45) is 0.501. The van der Waals surface area contributed by atoms with Crippen LogP contribution < -0.4 is 0 Å². The van der Waals surface area contributed by atoms with Gasteiger partial charge in [0.2, 0.25) is 11.7 Å². The van der Waals surface area contributed by atoms with Crippen LogP contribution in [-0.4, -0.2) is 10.1 Å². The minimum atomic E-state index is 0.501. The molecule has 0 aliphatic rings. The van der Waals surface area contributed by atoms with Crippen LogP contribution in [-0.2, 0) is 6.42 Å². The van der Waals surface area contributed by atoms with Gasteiger partial charge in [0.15, 0.2) is 0 Å². The third-order valence-electron chi connectivity index (χ3n) is 1.78. The number of rotatable bonds is 2. The van der Waals surface area contributed by atoms with E-state index in [2.05, 4.69) is 17.1 Å². The molecule has 0 unspecified atom stereocenters. The van der Waals surface area contributed by atoms with E-state index in [1.165, 1.54) is 0 Å². The van der Waals surface area contributed by atoms with Gasteiger partial charge in [-0.2, -0.15) is 4.98 Å². The molecule has 0 fully saturated rings. The van der Waals surface area contributed by atoms with E-state index in [0.717, 1.165) is 5.56 Å². The molecule has 2 rings (SSSR count). The minimum absolute atomic E-state index is 0.501. The molecule has 0 saturated carbocycles. The SMILES string of the molecule is [CH2]Cc1nc(-c2ccc(Cl)cc2)no1. The lowest BCUT2D eigenvalue weighted by molar-refractivity contribution is 0.386. The first-order valence-corrected chi connectivity index (χ1v) is 4.55. The van der Waals surface area contributed by atoms with Gasteiger partial charge in [0.05, 0.1) is 0 Å². The Hall–Kier alpha value is -1.35. The third kappa shape index (κ3) is 1.77. The molecule has 0 atom stereocenters. The van der Waals surface area contributed by atoms with Crippen molar-refractivity contribution in [2.75, 3.05) is 0 Å². The summed E-state index contributed by atoms with van der Waals surface area (Å²) in [5.74, 6) is 1.11. The zero-order chi connectivity index (χ0) is 9.97. The Morgan fingerprint density at radius 3 is 2.57 bits per heavy atom. The molecular weight excluding hydrogens is 200 g/mol. The molecule has 3 nitrogen and oxygen atoms in total. The first-order valence-electron chi connectivity index (χ1n) is 4.17. The molecule has 71 valence electrons. The molecule has 0 bridgehead atoms. The fourth-order valence-corrected chi connectivity index (χ4v) is 1.20. The largest absolute Gasteiger partial charge is 0.339 e. The zero-order valence-corrected chi connectivity index (χ0v) is 8.16. The number of hydrogen-bond donors (Lipinski definition) is 0. The Kier molecular flexibility index (Phi) is 2.50. The normalized spacial score (nSPS) is 10.4. The molecule has 1 aromatic carbocycles. The first-order chi connectivity index (χ1) is 6.79. The van der Waals surface area contributed by atoms with Gasteiger partial charge in [-0.25, -0.2) is 0 Å². The predicted molar refractivity (Wildman–Crippen MR) is 53.8 cm³/mol. The summed E-state index contributed by atoms with van der Waals surface area (Å²) in [4.78, 5) is 4.15. The van der Waals surface area contributed by atoms with Crippen LogP contribution in [0.15, 0.2) is 28.8 Å². The lowest BCUT2D eigenvalue weighted by Gasteiger charge is -1.92. The Labute approximate surface area is 86.7 Å². The average Bonchev–Trinajstić information content (AvgIpc) is 2.67. The van der Waals surface area contributed by atoms with E-state index in [-0.39, 0.29) is 0 Å². The predicted octanol–water partition coefficient (Wildman–Crippen LogP) is 2.77. The van der Waals surface area contributed by atoms with Crippen molar-refractivity contribution in [3.63, 3.8) is 0 Å². The van der Waals surface area contributed by atoms with Gasteiger partial charge in [0.25, 0.3) is 0 Å². The Morgan fingerprint density at radius 2 is 2.00 bits per heavy atom. The molecule has 0 amide bonds. The third-order valence-corrected chi connectivity index (χ3v) is 2.04. The fraction of sp³-hybridized carbons (Fsp3) is 0.100. The first kappa shape index (κ1) is 9.21. The van der Waals surface area contributed by atoms with Gasteiger partial charge in [-0.05, 0) is 31.2 Å². The van der Waals surface area contributed by atoms with Crippen molar-refractivity contribution in [1.29, 1.82) is 0 Å². The van der Waals surface area contributed by atoms with Crippen LogP contribution in [0.5, 0.6) is 0 Å². The summed E-state index contributed by atoms with van der Waals surface area (Å²) < 4.78 is 4.94. The lowest BCUT2D eigenvalue weighted by Crippen LogP contribution is -1.81. The molecule has 0 aliphatic carbocycles. The van der Waals surface area contributed by atoms with Crippen LogP contribution in [0.25, 0.3) is 11.4 Å². The highest BCUT2D eigenvalue weighted by Crippen LogP contribution is 2.18. The van der Waals surface area contributed by atoms with Crippen LogP contribution in [0.1, 0.15) is 5.89 Å². The standard InChI is InChI=1S/C10H8ClN2O/c1-2-9-12-10(13-14-9)7-3-5-8(11)6-4-7/h3-6H,1-2H2. The Morgan fingerprint density at radius 1 is 1.29 bits per heavy atom. The highest BCUT2D eigenvalue weighted by molar-refractivity contribution is 6.30. The summed E-state index contributed by atoms with van der Waals surface area (Å²) in [6.45, 7) is 3.66. The molecule has 0 aliphatic heterocycles. The van der Waals surface area contributed by atoms with Crippen LogP contribution in [0, 0.1) is 6.92 Å². The van der Waals surface area contributed by atoms with Crippen molar-refractivity contribution in [3.05, 3.63) is 42.1 Å².